The summed E-state index contributed by atoms with van der Waals surface area (Å²) in [7, 11) is 0. The highest BCUT2D eigenvalue weighted by atomic mass is 32.1. The normalized spacial score (nSPS) is 11.8. The summed E-state index contributed by atoms with van der Waals surface area (Å²) in [6.45, 7) is 0. The molecule has 6 heteroatoms. The Kier molecular flexibility index (Phi) is 5.00. The monoisotopic (exact) mass is 555 g/mol. The fraction of sp³-hybridized carbons (Fsp3) is 0. The van der Waals surface area contributed by atoms with Crippen LogP contribution in [0.15, 0.2) is 128 Å². The number of pyridine rings is 1. The van der Waals surface area contributed by atoms with Crippen LogP contribution < -0.4 is 0 Å². The van der Waals surface area contributed by atoms with Gasteiger partial charge >= 0.3 is 0 Å². The van der Waals surface area contributed by atoms with Crippen LogP contribution >= 0.6 is 11.3 Å². The molecule has 4 heterocycles. The van der Waals surface area contributed by atoms with Gasteiger partial charge in [0.1, 0.15) is 0 Å². The van der Waals surface area contributed by atoms with E-state index in [0.717, 1.165) is 43.7 Å². The fourth-order valence-electron chi connectivity index (χ4n) is 5.96. The maximum Gasteiger partial charge on any atom is 0.238 e. The Morgan fingerprint density at radius 3 is 2.00 bits per heavy atom. The van der Waals surface area contributed by atoms with Gasteiger partial charge in [-0.15, -0.1) is 11.3 Å². The van der Waals surface area contributed by atoms with Crippen LogP contribution in [0.5, 0.6) is 0 Å². The fourth-order valence-corrected chi connectivity index (χ4v) is 7.20. The molecule has 0 spiro atoms. The van der Waals surface area contributed by atoms with Crippen molar-refractivity contribution >= 4 is 64.1 Å². The van der Waals surface area contributed by atoms with Crippen LogP contribution in [0.2, 0.25) is 0 Å². The lowest BCUT2D eigenvalue weighted by molar-refractivity contribution is 0.956. The zero-order chi connectivity index (χ0) is 27.6. The van der Waals surface area contributed by atoms with Crippen molar-refractivity contribution in [1.29, 1.82) is 0 Å². The van der Waals surface area contributed by atoms with Gasteiger partial charge in [-0.25, -0.2) is 4.98 Å². The zero-order valence-electron chi connectivity index (χ0n) is 22.3. The quantitative estimate of drug-likeness (QED) is 0.218. The van der Waals surface area contributed by atoms with E-state index in [1.165, 1.54) is 20.2 Å². The Hall–Kier alpha value is -5.46. The van der Waals surface area contributed by atoms with Gasteiger partial charge in [0, 0.05) is 55.2 Å². The van der Waals surface area contributed by atoms with Crippen molar-refractivity contribution in [1.82, 2.24) is 24.5 Å². The Labute approximate surface area is 244 Å². The van der Waals surface area contributed by atoms with Gasteiger partial charge in [0.25, 0.3) is 0 Å². The van der Waals surface area contributed by atoms with E-state index in [9.17, 15) is 0 Å². The van der Waals surface area contributed by atoms with Gasteiger partial charge in [0.05, 0.1) is 15.7 Å². The number of rotatable bonds is 3. The molecule has 0 amide bonds. The van der Waals surface area contributed by atoms with E-state index in [1.807, 2.05) is 84.4 Å². The Balaban J connectivity index is 1.47. The van der Waals surface area contributed by atoms with E-state index in [0.29, 0.717) is 17.6 Å². The third-order valence-electron chi connectivity index (χ3n) is 7.92. The molecule has 0 saturated carbocycles. The first-order valence-corrected chi connectivity index (χ1v) is 14.6. The van der Waals surface area contributed by atoms with Crippen LogP contribution in [0.25, 0.3) is 81.5 Å². The first kappa shape index (κ1) is 23.3. The minimum absolute atomic E-state index is 0.598. The summed E-state index contributed by atoms with van der Waals surface area (Å²) < 4.78 is 4.72. The molecule has 196 valence electrons. The molecule has 4 aromatic heterocycles. The van der Waals surface area contributed by atoms with E-state index >= 15 is 0 Å². The molecule has 9 aromatic rings. The van der Waals surface area contributed by atoms with Gasteiger partial charge in [-0.05, 0) is 29.7 Å². The molecule has 0 unspecified atom stereocenters. The van der Waals surface area contributed by atoms with E-state index in [2.05, 4.69) is 64.1 Å². The van der Waals surface area contributed by atoms with Crippen LogP contribution in [-0.4, -0.2) is 24.5 Å². The van der Waals surface area contributed by atoms with Crippen molar-refractivity contribution in [2.45, 2.75) is 0 Å². The van der Waals surface area contributed by atoms with Crippen LogP contribution in [0.3, 0.4) is 0 Å². The summed E-state index contributed by atoms with van der Waals surface area (Å²) in [5, 5.41) is 7.03. The highest BCUT2D eigenvalue weighted by molar-refractivity contribution is 7.26. The van der Waals surface area contributed by atoms with Gasteiger partial charge in [-0.3, -0.25) is 9.55 Å². The summed E-state index contributed by atoms with van der Waals surface area (Å²) in [5.74, 6) is 1.88. The van der Waals surface area contributed by atoms with Gasteiger partial charge in [-0.1, -0.05) is 91.0 Å². The number of benzene rings is 5. The number of hydrogen-bond acceptors (Lipinski definition) is 5. The topological polar surface area (TPSA) is 56.5 Å². The molecule has 0 aliphatic rings. The van der Waals surface area contributed by atoms with Crippen molar-refractivity contribution in [3.63, 3.8) is 0 Å². The molecular weight excluding hydrogens is 534 g/mol. The average Bonchev–Trinajstić information content (AvgIpc) is 3.60. The second-order valence-electron chi connectivity index (χ2n) is 10.4. The number of aromatic nitrogens is 5. The van der Waals surface area contributed by atoms with Crippen LogP contribution in [0, 0.1) is 0 Å². The molecule has 0 fully saturated rings. The summed E-state index contributed by atoms with van der Waals surface area (Å²) in [6.07, 6.45) is 3.77. The third-order valence-corrected chi connectivity index (χ3v) is 9.11. The first-order chi connectivity index (χ1) is 20.8. The summed E-state index contributed by atoms with van der Waals surface area (Å²) in [6, 6.07) is 39.9. The predicted molar refractivity (Wildman–Crippen MR) is 173 cm³/mol. The van der Waals surface area contributed by atoms with Gasteiger partial charge in [0.2, 0.25) is 5.95 Å². The van der Waals surface area contributed by atoms with E-state index < -0.39 is 0 Å². The van der Waals surface area contributed by atoms with E-state index in [-0.39, 0.29) is 0 Å². The van der Waals surface area contributed by atoms with Crippen molar-refractivity contribution in [3.8, 4) is 28.7 Å². The van der Waals surface area contributed by atoms with Crippen LogP contribution in [-0.2, 0) is 0 Å². The molecule has 0 atom stereocenters. The standard InChI is InChI=1S/C36H21N5S/c1-3-9-22(10-4-1)34-38-35(23-11-5-2-6-12-23)40-36(39-34)41-30-20-24-17-18-37-21-25(24)19-29(30)27-15-16-28-26-13-7-8-14-31(26)42-33(28)32(27)41/h1-21H. The number of nitrogens with zero attached hydrogens (tertiary/aromatic N) is 5. The Morgan fingerprint density at radius 2 is 1.24 bits per heavy atom. The van der Waals surface area contributed by atoms with Crippen LogP contribution in [0.1, 0.15) is 0 Å². The van der Waals surface area contributed by atoms with Crippen molar-refractivity contribution in [3.05, 3.63) is 128 Å². The van der Waals surface area contributed by atoms with Crippen molar-refractivity contribution < 1.29 is 0 Å². The van der Waals surface area contributed by atoms with Crippen LogP contribution in [0.4, 0.5) is 0 Å². The minimum Gasteiger partial charge on any atom is -0.276 e. The van der Waals surface area contributed by atoms with E-state index in [1.54, 1.807) is 0 Å². The lowest BCUT2D eigenvalue weighted by Gasteiger charge is -2.11. The maximum absolute atomic E-state index is 5.15. The zero-order valence-corrected chi connectivity index (χ0v) is 23.1. The predicted octanol–water partition coefficient (Wildman–Crippen LogP) is 9.22. The number of hydrogen-bond donors (Lipinski definition) is 0. The third kappa shape index (κ3) is 3.49. The second-order valence-corrected chi connectivity index (χ2v) is 11.4. The summed E-state index contributed by atoms with van der Waals surface area (Å²) in [4.78, 5) is 19.6. The van der Waals surface area contributed by atoms with E-state index in [4.69, 9.17) is 15.0 Å². The molecule has 5 aromatic carbocycles. The highest BCUT2D eigenvalue weighted by Gasteiger charge is 2.21. The molecule has 0 aliphatic heterocycles. The van der Waals surface area contributed by atoms with Gasteiger partial charge < -0.3 is 0 Å². The average molecular weight is 556 g/mol. The molecule has 0 aliphatic carbocycles. The minimum atomic E-state index is 0.598. The maximum atomic E-state index is 5.15. The van der Waals surface area contributed by atoms with Crippen molar-refractivity contribution in [2.24, 2.45) is 0 Å². The molecular formula is C36H21N5S. The number of fused-ring (bicyclic) bond motifs is 8. The second kappa shape index (κ2) is 9.03. The Morgan fingerprint density at radius 1 is 0.548 bits per heavy atom. The molecule has 0 radical (unpaired) electrons. The Bertz CT molecular complexity index is 2400. The lowest BCUT2D eigenvalue weighted by atomic mass is 10.1. The van der Waals surface area contributed by atoms with Crippen molar-refractivity contribution in [2.75, 3.05) is 0 Å². The summed E-state index contributed by atoms with van der Waals surface area (Å²) in [5.41, 5.74) is 4.05. The lowest BCUT2D eigenvalue weighted by Crippen LogP contribution is -2.06. The smallest absolute Gasteiger partial charge is 0.238 e. The summed E-state index contributed by atoms with van der Waals surface area (Å²) >= 11 is 1.82. The highest BCUT2D eigenvalue weighted by Crippen LogP contribution is 2.43. The molecule has 0 bridgehead atoms. The van der Waals surface area contributed by atoms with Gasteiger partial charge in [-0.2, -0.15) is 9.97 Å². The van der Waals surface area contributed by atoms with Gasteiger partial charge in [0.15, 0.2) is 11.6 Å². The molecule has 0 N–H and O–H groups in total. The number of thiophene rings is 1. The molecule has 42 heavy (non-hydrogen) atoms. The molecule has 0 saturated heterocycles. The first-order valence-electron chi connectivity index (χ1n) is 13.8. The largest absolute Gasteiger partial charge is 0.276 e. The molecule has 9 rings (SSSR count). The SMILES string of the molecule is c1ccc(-c2nc(-c3ccccc3)nc(-n3c4cc5ccncc5cc4c4ccc5c6ccccc6sc5c43)n2)cc1. The molecule has 5 nitrogen and oxygen atoms in total.